The summed E-state index contributed by atoms with van der Waals surface area (Å²) >= 11 is 0. The summed E-state index contributed by atoms with van der Waals surface area (Å²) in [6, 6.07) is 18.9. The van der Waals surface area contributed by atoms with E-state index in [9.17, 15) is 0 Å². The summed E-state index contributed by atoms with van der Waals surface area (Å²) in [5, 5.41) is 1.20. The summed E-state index contributed by atoms with van der Waals surface area (Å²) in [6.45, 7) is 2.04. The van der Waals surface area contributed by atoms with Gasteiger partial charge >= 0.3 is 0 Å². The molecule has 2 aromatic carbocycles. The van der Waals surface area contributed by atoms with Gasteiger partial charge < -0.3 is 14.2 Å². The molecule has 148 valence electrons. The molecule has 4 heteroatoms. The number of aromatic nitrogens is 2. The number of hydrogen-bond acceptors (Lipinski definition) is 3. The first-order valence-corrected chi connectivity index (χ1v) is 9.98. The number of methoxy groups -OCH3 is 1. The molecule has 0 unspecified atom stereocenters. The lowest BCUT2D eigenvalue weighted by atomic mass is 10.0. The minimum absolute atomic E-state index is 0.872. The van der Waals surface area contributed by atoms with E-state index in [-0.39, 0.29) is 0 Å². The Morgan fingerprint density at radius 1 is 0.931 bits per heavy atom. The third-order valence-corrected chi connectivity index (χ3v) is 5.25. The fraction of sp³-hybridized carbons (Fsp3) is 0.240. The Kier molecular flexibility index (Phi) is 5.63. The van der Waals surface area contributed by atoms with E-state index in [0.29, 0.717) is 0 Å². The van der Waals surface area contributed by atoms with Crippen LogP contribution in [0.4, 0.5) is 0 Å². The molecule has 2 aromatic heterocycles. The third kappa shape index (κ3) is 4.17. The van der Waals surface area contributed by atoms with Crippen molar-refractivity contribution in [2.45, 2.75) is 13.0 Å². The average molecular weight is 386 g/mol. The Labute approximate surface area is 172 Å². The standard InChI is InChI=1S/C25H27N3O/c1-27(2)12-7-13-28-18-24(23-15-22(29-3)10-11-25(23)28)21-14-20(16-26-17-21)19-8-5-4-6-9-19/h4-6,8-11,14-18H,7,12-13H2,1-3H3. The van der Waals surface area contributed by atoms with E-state index in [1.165, 1.54) is 22.0 Å². The topological polar surface area (TPSA) is 30.3 Å². The normalized spacial score (nSPS) is 11.3. The lowest BCUT2D eigenvalue weighted by molar-refractivity contribution is 0.388. The minimum atomic E-state index is 0.872. The molecule has 0 aliphatic heterocycles. The molecule has 0 radical (unpaired) electrons. The van der Waals surface area contributed by atoms with Crippen molar-refractivity contribution in [3.63, 3.8) is 0 Å². The van der Waals surface area contributed by atoms with Crippen LogP contribution in [0.5, 0.6) is 5.75 Å². The smallest absolute Gasteiger partial charge is 0.119 e. The summed E-state index contributed by atoms with van der Waals surface area (Å²) in [7, 11) is 5.95. The molecule has 0 aliphatic carbocycles. The quantitative estimate of drug-likeness (QED) is 0.431. The van der Waals surface area contributed by atoms with Gasteiger partial charge in [-0.25, -0.2) is 0 Å². The fourth-order valence-corrected chi connectivity index (χ4v) is 3.75. The molecule has 4 nitrogen and oxygen atoms in total. The molecule has 2 heterocycles. The molecule has 0 amide bonds. The summed E-state index contributed by atoms with van der Waals surface area (Å²) in [6.07, 6.45) is 7.23. The molecule has 0 N–H and O–H groups in total. The van der Waals surface area contributed by atoms with Crippen molar-refractivity contribution >= 4 is 10.9 Å². The molecule has 0 saturated heterocycles. The number of aryl methyl sites for hydroxylation is 1. The van der Waals surface area contributed by atoms with Gasteiger partial charge in [0.1, 0.15) is 5.75 Å². The second-order valence-electron chi connectivity index (χ2n) is 7.60. The highest BCUT2D eigenvalue weighted by atomic mass is 16.5. The van der Waals surface area contributed by atoms with Crippen molar-refractivity contribution in [1.82, 2.24) is 14.5 Å². The lowest BCUT2D eigenvalue weighted by Crippen LogP contribution is -2.14. The Balaban J connectivity index is 1.78. The van der Waals surface area contributed by atoms with E-state index in [2.05, 4.69) is 77.2 Å². The van der Waals surface area contributed by atoms with Crippen LogP contribution in [0, 0.1) is 0 Å². The van der Waals surface area contributed by atoms with E-state index in [1.807, 2.05) is 24.5 Å². The van der Waals surface area contributed by atoms with Gasteiger partial charge in [0.05, 0.1) is 7.11 Å². The van der Waals surface area contributed by atoms with Gasteiger partial charge in [-0.1, -0.05) is 30.3 Å². The van der Waals surface area contributed by atoms with Gasteiger partial charge in [0.2, 0.25) is 0 Å². The van der Waals surface area contributed by atoms with E-state index in [1.54, 1.807) is 7.11 Å². The Hall–Kier alpha value is -3.11. The van der Waals surface area contributed by atoms with Gasteiger partial charge in [-0.05, 0) is 56.9 Å². The zero-order valence-corrected chi connectivity index (χ0v) is 17.3. The predicted molar refractivity (Wildman–Crippen MR) is 120 cm³/mol. The zero-order valence-electron chi connectivity index (χ0n) is 17.3. The maximum Gasteiger partial charge on any atom is 0.119 e. The third-order valence-electron chi connectivity index (χ3n) is 5.25. The van der Waals surface area contributed by atoms with Crippen LogP contribution in [-0.4, -0.2) is 42.2 Å². The van der Waals surface area contributed by atoms with Gasteiger partial charge in [0, 0.05) is 52.7 Å². The summed E-state index contributed by atoms with van der Waals surface area (Å²) in [4.78, 5) is 6.76. The molecule has 0 aliphatic rings. The molecular weight excluding hydrogens is 358 g/mol. The van der Waals surface area contributed by atoms with Crippen molar-refractivity contribution in [2.75, 3.05) is 27.7 Å². The molecule has 4 rings (SSSR count). The van der Waals surface area contributed by atoms with Crippen LogP contribution in [0.2, 0.25) is 0 Å². The number of pyridine rings is 1. The highest BCUT2D eigenvalue weighted by Gasteiger charge is 2.13. The highest BCUT2D eigenvalue weighted by Crippen LogP contribution is 2.34. The Morgan fingerprint density at radius 2 is 1.72 bits per heavy atom. The van der Waals surface area contributed by atoms with Crippen LogP contribution in [0.15, 0.2) is 73.2 Å². The van der Waals surface area contributed by atoms with Crippen molar-refractivity contribution in [2.24, 2.45) is 0 Å². The fourth-order valence-electron chi connectivity index (χ4n) is 3.75. The number of ether oxygens (including phenoxy) is 1. The first-order valence-electron chi connectivity index (χ1n) is 9.98. The number of rotatable bonds is 7. The summed E-state index contributed by atoms with van der Waals surface area (Å²) in [5.41, 5.74) is 5.84. The molecule has 0 spiro atoms. The van der Waals surface area contributed by atoms with E-state index < -0.39 is 0 Å². The highest BCUT2D eigenvalue weighted by molar-refractivity contribution is 5.97. The molecule has 0 atom stereocenters. The molecule has 0 fully saturated rings. The van der Waals surface area contributed by atoms with Crippen LogP contribution in [0.1, 0.15) is 6.42 Å². The van der Waals surface area contributed by atoms with Crippen LogP contribution < -0.4 is 4.74 Å². The van der Waals surface area contributed by atoms with E-state index in [4.69, 9.17) is 4.74 Å². The second-order valence-corrected chi connectivity index (χ2v) is 7.60. The number of benzene rings is 2. The van der Waals surface area contributed by atoms with Crippen molar-refractivity contribution in [3.8, 4) is 28.0 Å². The van der Waals surface area contributed by atoms with Crippen LogP contribution in [0.3, 0.4) is 0 Å². The SMILES string of the molecule is COc1ccc2c(c1)c(-c1cncc(-c3ccccc3)c1)cn2CCCN(C)C. The second kappa shape index (κ2) is 8.50. The first-order chi connectivity index (χ1) is 14.2. The maximum absolute atomic E-state index is 5.50. The molecule has 0 bridgehead atoms. The van der Waals surface area contributed by atoms with Gasteiger partial charge in [-0.15, -0.1) is 0 Å². The largest absolute Gasteiger partial charge is 0.497 e. The summed E-state index contributed by atoms with van der Waals surface area (Å²) in [5.74, 6) is 0.872. The predicted octanol–water partition coefficient (Wildman–Crippen LogP) is 5.33. The van der Waals surface area contributed by atoms with Crippen LogP contribution in [-0.2, 0) is 6.54 Å². The Morgan fingerprint density at radius 3 is 2.48 bits per heavy atom. The monoisotopic (exact) mass is 385 g/mol. The maximum atomic E-state index is 5.50. The van der Waals surface area contributed by atoms with E-state index in [0.717, 1.165) is 36.4 Å². The average Bonchev–Trinajstić information content (AvgIpc) is 3.12. The van der Waals surface area contributed by atoms with Crippen molar-refractivity contribution in [3.05, 3.63) is 73.2 Å². The lowest BCUT2D eigenvalue weighted by Gasteiger charge is -2.10. The van der Waals surface area contributed by atoms with E-state index >= 15 is 0 Å². The van der Waals surface area contributed by atoms with Gasteiger partial charge in [-0.2, -0.15) is 0 Å². The zero-order chi connectivity index (χ0) is 20.2. The van der Waals surface area contributed by atoms with Gasteiger partial charge in [0.25, 0.3) is 0 Å². The molecule has 4 aromatic rings. The van der Waals surface area contributed by atoms with Gasteiger partial charge in [0.15, 0.2) is 0 Å². The number of hydrogen-bond donors (Lipinski definition) is 0. The molecular formula is C25H27N3O. The minimum Gasteiger partial charge on any atom is -0.497 e. The van der Waals surface area contributed by atoms with Crippen molar-refractivity contribution < 1.29 is 4.74 Å². The Bertz CT molecular complexity index is 1100. The van der Waals surface area contributed by atoms with Crippen LogP contribution in [0.25, 0.3) is 33.2 Å². The number of nitrogens with zero attached hydrogens (tertiary/aromatic N) is 3. The van der Waals surface area contributed by atoms with Gasteiger partial charge in [-0.3, -0.25) is 4.98 Å². The number of fused-ring (bicyclic) bond motifs is 1. The molecule has 29 heavy (non-hydrogen) atoms. The van der Waals surface area contributed by atoms with Crippen molar-refractivity contribution in [1.29, 1.82) is 0 Å². The first kappa shape index (κ1) is 19.2. The van der Waals surface area contributed by atoms with Crippen LogP contribution >= 0.6 is 0 Å². The summed E-state index contributed by atoms with van der Waals surface area (Å²) < 4.78 is 7.85. The molecule has 0 saturated carbocycles.